The Balaban J connectivity index is 1.67. The number of benzene rings is 1. The van der Waals surface area contributed by atoms with E-state index in [2.05, 4.69) is 10.1 Å². The van der Waals surface area contributed by atoms with Crippen LogP contribution in [0.4, 0.5) is 5.69 Å². The van der Waals surface area contributed by atoms with Gasteiger partial charge in [-0.1, -0.05) is 12.1 Å². The zero-order valence-electron chi connectivity index (χ0n) is 17.9. The highest BCUT2D eigenvalue weighted by Gasteiger charge is 2.33. The number of ether oxygens (including phenoxy) is 1. The van der Waals surface area contributed by atoms with Crippen LogP contribution in [0.15, 0.2) is 45.3 Å². The Morgan fingerprint density at radius 1 is 1.13 bits per heavy atom. The number of nitrogens with zero attached hydrogens (tertiary/aromatic N) is 7. The second-order valence-electron chi connectivity index (χ2n) is 7.56. The first-order valence-corrected chi connectivity index (χ1v) is 9.61. The number of imidazole rings is 1. The van der Waals surface area contributed by atoms with E-state index in [1.165, 1.54) is 29.9 Å². The van der Waals surface area contributed by atoms with Gasteiger partial charge in [-0.25, -0.2) is 9.78 Å². The lowest BCUT2D eigenvalue weighted by molar-refractivity contribution is -0.135. The maximum Gasteiger partial charge on any atom is 0.332 e. The highest BCUT2D eigenvalue weighted by molar-refractivity contribution is 5.83. The van der Waals surface area contributed by atoms with Gasteiger partial charge in [0.2, 0.25) is 18.0 Å². The number of anilines is 1. The predicted molar refractivity (Wildman–Crippen MR) is 115 cm³/mol. The fourth-order valence-electron chi connectivity index (χ4n) is 3.53. The second kappa shape index (κ2) is 7.42. The van der Waals surface area contributed by atoms with Crippen LogP contribution < -0.4 is 16.1 Å². The minimum absolute atomic E-state index is 0.104. The van der Waals surface area contributed by atoms with Crippen LogP contribution in [0.1, 0.15) is 18.7 Å². The fourth-order valence-corrected chi connectivity index (χ4v) is 3.53. The first-order chi connectivity index (χ1) is 14.7. The van der Waals surface area contributed by atoms with E-state index in [-0.39, 0.29) is 23.9 Å². The number of hydrazone groups is 1. The molecule has 4 rings (SSSR count). The number of rotatable bonds is 4. The van der Waals surface area contributed by atoms with E-state index in [1.807, 2.05) is 43.3 Å². The third-order valence-corrected chi connectivity index (χ3v) is 5.22. The number of aryl methyl sites for hydroxylation is 1. The van der Waals surface area contributed by atoms with Gasteiger partial charge in [0.25, 0.3) is 5.56 Å². The maximum atomic E-state index is 12.4. The van der Waals surface area contributed by atoms with Crippen LogP contribution >= 0.6 is 0 Å². The fraction of sp³-hybridized carbons (Fsp3) is 0.350. The van der Waals surface area contributed by atoms with Crippen molar-refractivity contribution in [3.63, 3.8) is 0 Å². The van der Waals surface area contributed by atoms with E-state index < -0.39 is 17.5 Å². The van der Waals surface area contributed by atoms with Gasteiger partial charge in [0.05, 0.1) is 6.33 Å². The smallest absolute Gasteiger partial charge is 0.332 e. The van der Waals surface area contributed by atoms with Crippen molar-refractivity contribution in [1.29, 1.82) is 0 Å². The van der Waals surface area contributed by atoms with E-state index in [0.29, 0.717) is 5.65 Å². The molecule has 0 N–H and O–H groups in total. The molecule has 162 valence electrons. The zero-order chi connectivity index (χ0) is 22.4. The van der Waals surface area contributed by atoms with Crippen LogP contribution in [0.3, 0.4) is 0 Å². The molecule has 0 radical (unpaired) electrons. The van der Waals surface area contributed by atoms with Gasteiger partial charge in [-0.2, -0.15) is 5.01 Å². The third kappa shape index (κ3) is 3.37. The van der Waals surface area contributed by atoms with Crippen LogP contribution in [-0.2, 0) is 30.2 Å². The molecule has 1 aliphatic rings. The van der Waals surface area contributed by atoms with Crippen molar-refractivity contribution < 1.29 is 9.53 Å². The lowest BCUT2D eigenvalue weighted by atomic mass is 10.1. The van der Waals surface area contributed by atoms with Crippen LogP contribution in [0.25, 0.3) is 11.2 Å². The molecule has 0 unspecified atom stereocenters. The average Bonchev–Trinajstić information content (AvgIpc) is 3.36. The van der Waals surface area contributed by atoms with Gasteiger partial charge in [-0.3, -0.25) is 18.7 Å². The number of carbonyl (C=O) groups excluding carboxylic acids is 1. The summed E-state index contributed by atoms with van der Waals surface area (Å²) in [7, 11) is 6.86. The summed E-state index contributed by atoms with van der Waals surface area (Å²) in [6.07, 6.45) is 0.754. The normalized spacial score (nSPS) is 15.8. The van der Waals surface area contributed by atoms with Crippen molar-refractivity contribution in [2.45, 2.75) is 19.7 Å². The SMILES string of the molecule is CC(=O)N1N=C(Cn2cnc3c(=O)n(C)c(=O)n(C)c32)O[C@H]1c1ccc(N(C)C)cc1. The molecule has 11 heteroatoms. The Morgan fingerprint density at radius 2 is 1.81 bits per heavy atom. The Kier molecular flexibility index (Phi) is 4.88. The third-order valence-electron chi connectivity index (χ3n) is 5.22. The lowest BCUT2D eigenvalue weighted by Gasteiger charge is -2.20. The minimum atomic E-state index is -0.699. The highest BCUT2D eigenvalue weighted by atomic mass is 16.5. The second-order valence-corrected chi connectivity index (χ2v) is 7.56. The molecule has 1 aromatic carbocycles. The molecule has 0 saturated carbocycles. The maximum absolute atomic E-state index is 12.4. The Hall–Kier alpha value is -3.89. The lowest BCUT2D eigenvalue weighted by Crippen LogP contribution is -2.37. The van der Waals surface area contributed by atoms with Crippen LogP contribution in [-0.4, -0.2) is 49.6 Å². The van der Waals surface area contributed by atoms with Crippen LogP contribution in [0, 0.1) is 0 Å². The number of carbonyl (C=O) groups is 1. The van der Waals surface area contributed by atoms with Gasteiger partial charge < -0.3 is 14.2 Å². The first kappa shape index (κ1) is 20.4. The summed E-state index contributed by atoms with van der Waals surface area (Å²) in [5, 5.41) is 5.60. The Bertz CT molecular complexity index is 1310. The summed E-state index contributed by atoms with van der Waals surface area (Å²) in [5.74, 6) is -0.00208. The molecule has 0 saturated heterocycles. The number of aromatic nitrogens is 4. The van der Waals surface area contributed by atoms with Gasteiger partial charge in [0.15, 0.2) is 5.52 Å². The number of hydrogen-bond acceptors (Lipinski definition) is 7. The van der Waals surface area contributed by atoms with Crippen molar-refractivity contribution in [1.82, 2.24) is 23.7 Å². The van der Waals surface area contributed by atoms with Crippen molar-refractivity contribution in [3.05, 3.63) is 57.0 Å². The Morgan fingerprint density at radius 3 is 2.42 bits per heavy atom. The summed E-state index contributed by atoms with van der Waals surface area (Å²) >= 11 is 0. The molecular weight excluding hydrogens is 402 g/mol. The molecule has 2 aromatic heterocycles. The molecule has 0 bridgehead atoms. The first-order valence-electron chi connectivity index (χ1n) is 9.61. The summed E-state index contributed by atoms with van der Waals surface area (Å²) in [4.78, 5) is 43.0. The molecule has 3 aromatic rings. The largest absolute Gasteiger partial charge is 0.448 e. The molecule has 1 atom stereocenters. The molecule has 0 spiro atoms. The van der Waals surface area contributed by atoms with Crippen molar-refractivity contribution in [2.75, 3.05) is 19.0 Å². The van der Waals surface area contributed by atoms with E-state index in [4.69, 9.17) is 4.74 Å². The van der Waals surface area contributed by atoms with E-state index in [0.717, 1.165) is 15.8 Å². The molecule has 11 nitrogen and oxygen atoms in total. The van der Waals surface area contributed by atoms with Gasteiger partial charge in [0.1, 0.15) is 12.2 Å². The average molecular weight is 425 g/mol. The predicted octanol–water partition coefficient (Wildman–Crippen LogP) is 0.391. The van der Waals surface area contributed by atoms with E-state index >= 15 is 0 Å². The molecule has 1 aliphatic heterocycles. The summed E-state index contributed by atoms with van der Waals surface area (Å²) in [6.45, 7) is 1.52. The summed E-state index contributed by atoms with van der Waals surface area (Å²) in [6, 6.07) is 7.64. The van der Waals surface area contributed by atoms with E-state index in [9.17, 15) is 14.4 Å². The highest BCUT2D eigenvalue weighted by Crippen LogP contribution is 2.30. The Labute approximate surface area is 177 Å². The molecule has 1 amide bonds. The van der Waals surface area contributed by atoms with Crippen molar-refractivity contribution in [2.24, 2.45) is 19.2 Å². The topological polar surface area (TPSA) is 107 Å². The number of fused-ring (bicyclic) bond motifs is 1. The van der Waals surface area contributed by atoms with Crippen molar-refractivity contribution >= 4 is 28.7 Å². The molecule has 3 heterocycles. The molecule has 0 aliphatic carbocycles. The quantitative estimate of drug-likeness (QED) is 0.599. The van der Waals surface area contributed by atoms with Crippen molar-refractivity contribution in [3.8, 4) is 0 Å². The molecular formula is C20H23N7O4. The standard InChI is InChI=1S/C20H23N7O4/c1-12(28)27-19(13-6-8-14(9-7-13)23(2)3)31-15(22-27)10-26-11-21-16-17(26)24(4)20(30)25(5)18(16)29/h6-9,11,19H,10H2,1-5H3/t19-/m0/s1. The number of hydrogen-bond donors (Lipinski definition) is 0. The van der Waals surface area contributed by atoms with Crippen LogP contribution in [0.5, 0.6) is 0 Å². The van der Waals surface area contributed by atoms with Gasteiger partial charge in [-0.05, 0) is 12.1 Å². The van der Waals surface area contributed by atoms with Gasteiger partial charge in [-0.15, -0.1) is 5.10 Å². The van der Waals surface area contributed by atoms with Crippen LogP contribution in [0.2, 0.25) is 0 Å². The zero-order valence-corrected chi connectivity index (χ0v) is 17.9. The summed E-state index contributed by atoms with van der Waals surface area (Å²) in [5.41, 5.74) is 1.38. The molecule has 31 heavy (non-hydrogen) atoms. The van der Waals surface area contributed by atoms with E-state index in [1.54, 1.807) is 11.6 Å². The number of amides is 1. The molecule has 0 fully saturated rings. The van der Waals surface area contributed by atoms with Gasteiger partial charge in [0, 0.05) is 46.4 Å². The monoisotopic (exact) mass is 425 g/mol. The minimum Gasteiger partial charge on any atom is -0.448 e. The summed E-state index contributed by atoms with van der Waals surface area (Å²) < 4.78 is 9.95. The van der Waals surface area contributed by atoms with Gasteiger partial charge >= 0.3 is 5.69 Å².